The Hall–Kier alpha value is -2.62. The van der Waals surface area contributed by atoms with Gasteiger partial charge in [0.2, 0.25) is 0 Å². The first-order valence-corrected chi connectivity index (χ1v) is 10.9. The van der Waals surface area contributed by atoms with E-state index < -0.39 is 42.7 Å². The van der Waals surface area contributed by atoms with Gasteiger partial charge in [-0.25, -0.2) is 4.79 Å². The molecule has 2 aromatic rings. The molecule has 4 atom stereocenters. The first-order valence-electron chi connectivity index (χ1n) is 10.6. The number of aliphatic hydroxyl groups is 3. The molecule has 1 aliphatic rings. The van der Waals surface area contributed by atoms with Crippen LogP contribution in [0, 0.1) is 0 Å². The standard InChI is InChI=1S/C24H30ClN3O5/c1-13(2)14-6-5-7-15(10-14)24(3,4)28-23(32)26-16-8-9-17(25)18(11-16)27-22-21(31)20(30)19(12-29)33-22/h5-11,19-22,27,29-31H,1,12H2,2-4H3,(H2,26,28,32)/t19-,20-,21-,22+/m1/s1. The Balaban J connectivity index is 1.69. The number of hydrogen-bond donors (Lipinski definition) is 6. The number of carbonyl (C=O) groups excluding carboxylic acids is 1. The van der Waals surface area contributed by atoms with Gasteiger partial charge in [-0.1, -0.05) is 42.0 Å². The molecule has 1 saturated heterocycles. The van der Waals surface area contributed by atoms with E-state index in [2.05, 4.69) is 22.5 Å². The van der Waals surface area contributed by atoms with Crippen molar-refractivity contribution in [3.63, 3.8) is 0 Å². The van der Waals surface area contributed by atoms with Crippen LogP contribution in [-0.4, -0.2) is 52.5 Å². The smallest absolute Gasteiger partial charge is 0.319 e. The molecule has 0 unspecified atom stereocenters. The Labute approximate surface area is 198 Å². The summed E-state index contributed by atoms with van der Waals surface area (Å²) in [6, 6.07) is 12.2. The number of benzene rings is 2. The van der Waals surface area contributed by atoms with Crippen molar-refractivity contribution < 1.29 is 24.9 Å². The minimum Gasteiger partial charge on any atom is -0.394 e. The summed E-state index contributed by atoms with van der Waals surface area (Å²) in [6.45, 7) is 9.27. The molecular formula is C24H30ClN3O5. The third-order valence-electron chi connectivity index (χ3n) is 5.57. The van der Waals surface area contributed by atoms with Crippen LogP contribution in [0.5, 0.6) is 0 Å². The molecule has 0 saturated carbocycles. The maximum absolute atomic E-state index is 12.7. The van der Waals surface area contributed by atoms with Gasteiger partial charge in [0.25, 0.3) is 0 Å². The number of urea groups is 1. The molecule has 0 aromatic heterocycles. The van der Waals surface area contributed by atoms with Gasteiger partial charge >= 0.3 is 6.03 Å². The second-order valence-corrected chi connectivity index (χ2v) is 9.07. The fraction of sp³-hybridized carbons (Fsp3) is 0.375. The number of nitrogens with one attached hydrogen (secondary N) is 3. The van der Waals surface area contributed by atoms with Crippen LogP contribution in [0.15, 0.2) is 49.0 Å². The third-order valence-corrected chi connectivity index (χ3v) is 5.90. The zero-order chi connectivity index (χ0) is 24.3. The molecular weight excluding hydrogens is 446 g/mol. The highest BCUT2D eigenvalue weighted by atomic mass is 35.5. The summed E-state index contributed by atoms with van der Waals surface area (Å²) in [5, 5.41) is 38.3. The molecule has 2 aromatic carbocycles. The topological polar surface area (TPSA) is 123 Å². The van der Waals surface area contributed by atoms with E-state index in [9.17, 15) is 20.1 Å². The Kier molecular flexibility index (Phi) is 7.66. The Morgan fingerprint density at radius 2 is 1.91 bits per heavy atom. The highest BCUT2D eigenvalue weighted by Crippen LogP contribution is 2.30. The second kappa shape index (κ2) is 10.1. The van der Waals surface area contributed by atoms with Gasteiger partial charge in [0.15, 0.2) is 6.23 Å². The Morgan fingerprint density at radius 1 is 1.18 bits per heavy atom. The lowest BCUT2D eigenvalue weighted by atomic mass is 9.92. The van der Waals surface area contributed by atoms with E-state index in [0.717, 1.165) is 16.7 Å². The molecule has 6 N–H and O–H groups in total. The first-order chi connectivity index (χ1) is 15.5. The molecule has 3 rings (SSSR count). The van der Waals surface area contributed by atoms with Crippen LogP contribution >= 0.6 is 11.6 Å². The lowest BCUT2D eigenvalue weighted by Gasteiger charge is -2.27. The van der Waals surface area contributed by atoms with Crippen LogP contribution in [0.2, 0.25) is 5.02 Å². The summed E-state index contributed by atoms with van der Waals surface area (Å²) < 4.78 is 5.43. The van der Waals surface area contributed by atoms with Gasteiger partial charge in [0.05, 0.1) is 22.9 Å². The van der Waals surface area contributed by atoms with Crippen LogP contribution in [0.3, 0.4) is 0 Å². The quantitative estimate of drug-likeness (QED) is 0.365. The largest absolute Gasteiger partial charge is 0.394 e. The van der Waals surface area contributed by atoms with Crippen molar-refractivity contribution in [2.24, 2.45) is 0 Å². The number of allylic oxidation sites excluding steroid dienone is 1. The monoisotopic (exact) mass is 475 g/mol. The van der Waals surface area contributed by atoms with Crippen molar-refractivity contribution in [2.45, 2.75) is 50.8 Å². The van der Waals surface area contributed by atoms with E-state index in [0.29, 0.717) is 16.4 Å². The molecule has 33 heavy (non-hydrogen) atoms. The summed E-state index contributed by atoms with van der Waals surface area (Å²) >= 11 is 6.25. The maximum atomic E-state index is 12.7. The van der Waals surface area contributed by atoms with E-state index >= 15 is 0 Å². The average Bonchev–Trinajstić information content (AvgIpc) is 3.03. The summed E-state index contributed by atoms with van der Waals surface area (Å²) in [6.07, 6.45) is -4.37. The third kappa shape index (κ3) is 5.85. The number of hydrogen-bond acceptors (Lipinski definition) is 6. The van der Waals surface area contributed by atoms with Crippen LogP contribution in [-0.2, 0) is 10.3 Å². The molecule has 1 aliphatic heterocycles. The second-order valence-electron chi connectivity index (χ2n) is 8.66. The molecule has 1 fully saturated rings. The minimum absolute atomic E-state index is 0.329. The van der Waals surface area contributed by atoms with Crippen LogP contribution < -0.4 is 16.0 Å². The van der Waals surface area contributed by atoms with E-state index in [1.165, 1.54) is 0 Å². The van der Waals surface area contributed by atoms with Crippen LogP contribution in [0.4, 0.5) is 16.2 Å². The van der Waals surface area contributed by atoms with Crippen LogP contribution in [0.25, 0.3) is 5.57 Å². The Bertz CT molecular complexity index is 1030. The number of carbonyl (C=O) groups is 1. The fourth-order valence-electron chi connectivity index (χ4n) is 3.58. The van der Waals surface area contributed by atoms with E-state index in [1.54, 1.807) is 18.2 Å². The van der Waals surface area contributed by atoms with Gasteiger partial charge in [-0.2, -0.15) is 0 Å². The molecule has 0 aliphatic carbocycles. The minimum atomic E-state index is -1.26. The predicted octanol–water partition coefficient (Wildman–Crippen LogP) is 3.28. The van der Waals surface area contributed by atoms with Gasteiger partial charge in [-0.05, 0) is 56.2 Å². The van der Waals surface area contributed by atoms with E-state index in [-0.39, 0.29) is 0 Å². The predicted molar refractivity (Wildman–Crippen MR) is 129 cm³/mol. The molecule has 0 spiro atoms. The summed E-state index contributed by atoms with van der Waals surface area (Å²) in [7, 11) is 0. The van der Waals surface area contributed by atoms with Gasteiger partial charge in [-0.3, -0.25) is 0 Å². The molecule has 2 amide bonds. The summed E-state index contributed by atoms with van der Waals surface area (Å²) in [5.41, 5.74) is 3.06. The zero-order valence-corrected chi connectivity index (χ0v) is 19.6. The average molecular weight is 476 g/mol. The number of halogens is 1. The number of ether oxygens (including phenoxy) is 1. The Morgan fingerprint density at radius 3 is 2.55 bits per heavy atom. The normalized spacial score (nSPS) is 22.6. The highest BCUT2D eigenvalue weighted by Gasteiger charge is 2.42. The van der Waals surface area contributed by atoms with Crippen molar-refractivity contribution in [1.82, 2.24) is 5.32 Å². The number of aliphatic hydroxyl groups excluding tert-OH is 3. The number of rotatable bonds is 7. The van der Waals surface area contributed by atoms with Crippen molar-refractivity contribution in [3.05, 3.63) is 65.2 Å². The van der Waals surface area contributed by atoms with Crippen molar-refractivity contribution in [1.29, 1.82) is 0 Å². The first kappa shape index (κ1) is 25.0. The lowest BCUT2D eigenvalue weighted by molar-refractivity contribution is -0.0153. The van der Waals surface area contributed by atoms with E-state index in [4.69, 9.17) is 16.3 Å². The summed E-state index contributed by atoms with van der Waals surface area (Å²) in [5.74, 6) is 0. The number of anilines is 2. The highest BCUT2D eigenvalue weighted by molar-refractivity contribution is 6.33. The SMILES string of the molecule is C=C(C)c1cccc(C(C)(C)NC(=O)Nc2ccc(Cl)c(N[C@H]3O[C@H](CO)[C@@H](O)[C@H]3O)c2)c1. The molecule has 0 radical (unpaired) electrons. The van der Waals surface area contributed by atoms with Gasteiger partial charge in [-0.15, -0.1) is 0 Å². The van der Waals surface area contributed by atoms with Crippen molar-refractivity contribution >= 4 is 34.6 Å². The number of amides is 2. The maximum Gasteiger partial charge on any atom is 0.319 e. The molecule has 0 bridgehead atoms. The molecule has 9 heteroatoms. The van der Waals surface area contributed by atoms with E-state index in [1.807, 2.05) is 45.0 Å². The van der Waals surface area contributed by atoms with Gasteiger partial charge in [0.1, 0.15) is 18.3 Å². The zero-order valence-electron chi connectivity index (χ0n) is 18.8. The molecule has 178 valence electrons. The molecule has 8 nitrogen and oxygen atoms in total. The fourth-order valence-corrected chi connectivity index (χ4v) is 3.75. The lowest BCUT2D eigenvalue weighted by Crippen LogP contribution is -2.43. The summed E-state index contributed by atoms with van der Waals surface area (Å²) in [4.78, 5) is 12.7. The van der Waals surface area contributed by atoms with Gasteiger partial charge in [0, 0.05) is 5.69 Å². The van der Waals surface area contributed by atoms with Crippen LogP contribution in [0.1, 0.15) is 31.9 Å². The van der Waals surface area contributed by atoms with Gasteiger partial charge < -0.3 is 36.0 Å². The van der Waals surface area contributed by atoms with Crippen molar-refractivity contribution in [3.8, 4) is 0 Å². The van der Waals surface area contributed by atoms with Crippen molar-refractivity contribution in [2.75, 3.05) is 17.2 Å². The molecule has 1 heterocycles.